The van der Waals surface area contributed by atoms with Crippen LogP contribution < -0.4 is 20.7 Å². The molecular formula is C59H46Si2. The van der Waals surface area contributed by atoms with E-state index >= 15 is 0 Å². The van der Waals surface area contributed by atoms with Crippen molar-refractivity contribution in [3.63, 3.8) is 0 Å². The molecular weight excluding hydrogens is 765 g/mol. The Hall–Kier alpha value is -6.33. The summed E-state index contributed by atoms with van der Waals surface area (Å²) in [4.78, 5) is 0. The summed E-state index contributed by atoms with van der Waals surface area (Å²) < 4.78 is 0. The Morgan fingerprint density at radius 1 is 0.295 bits per heavy atom. The molecule has 0 bridgehead atoms. The molecule has 0 saturated carbocycles. The third-order valence-corrected chi connectivity index (χ3v) is 22.5. The monoisotopic (exact) mass is 810 g/mol. The van der Waals surface area contributed by atoms with Gasteiger partial charge in [0.2, 0.25) is 0 Å². The van der Waals surface area contributed by atoms with E-state index in [1.807, 2.05) is 0 Å². The summed E-state index contributed by atoms with van der Waals surface area (Å²) in [6.07, 6.45) is 0. The van der Waals surface area contributed by atoms with E-state index in [0.29, 0.717) is 0 Å². The maximum atomic E-state index is 2.66. The highest BCUT2D eigenvalue weighted by Crippen LogP contribution is 2.55. The zero-order valence-electron chi connectivity index (χ0n) is 35.7. The predicted octanol–water partition coefficient (Wildman–Crippen LogP) is 13.5. The van der Waals surface area contributed by atoms with E-state index in [0.717, 1.165) is 0 Å². The largest absolute Gasteiger partial charge is 0.113 e. The van der Waals surface area contributed by atoms with Gasteiger partial charge < -0.3 is 0 Å². The highest BCUT2D eigenvalue weighted by molar-refractivity contribution is 7.05. The van der Waals surface area contributed by atoms with Crippen LogP contribution in [-0.4, -0.2) is 16.1 Å². The Bertz CT molecular complexity index is 3540. The van der Waals surface area contributed by atoms with Crippen LogP contribution in [-0.2, 0) is 5.41 Å². The topological polar surface area (TPSA) is 0 Å². The Kier molecular flexibility index (Phi) is 6.94. The van der Waals surface area contributed by atoms with Gasteiger partial charge in [-0.15, -0.1) is 0 Å². The zero-order chi connectivity index (χ0) is 41.2. The zero-order valence-corrected chi connectivity index (χ0v) is 37.7. The van der Waals surface area contributed by atoms with Crippen molar-refractivity contribution >= 4 is 80.0 Å². The summed E-state index contributed by atoms with van der Waals surface area (Å²) in [6.45, 7) is 15.1. The molecule has 10 aromatic carbocycles. The molecule has 2 heterocycles. The van der Waals surface area contributed by atoms with Gasteiger partial charge in [0.1, 0.15) is 16.1 Å². The van der Waals surface area contributed by atoms with Gasteiger partial charge in [-0.05, 0) is 137 Å². The Morgan fingerprint density at radius 3 is 1.30 bits per heavy atom. The van der Waals surface area contributed by atoms with Crippen LogP contribution in [0.15, 0.2) is 170 Å². The van der Waals surface area contributed by atoms with Crippen LogP contribution in [0, 0.1) is 0 Å². The summed E-state index contributed by atoms with van der Waals surface area (Å²) in [5, 5.41) is 17.0. The van der Waals surface area contributed by atoms with Crippen LogP contribution in [0.1, 0.15) is 25.0 Å². The molecule has 0 saturated heterocycles. The number of fused-ring (bicyclic) bond motifs is 16. The molecule has 61 heavy (non-hydrogen) atoms. The lowest BCUT2D eigenvalue weighted by molar-refractivity contribution is 0.661. The minimum atomic E-state index is -2.09. The van der Waals surface area contributed by atoms with Gasteiger partial charge in [0.25, 0.3) is 0 Å². The Labute approximate surface area is 360 Å². The minimum Gasteiger partial charge on any atom is -0.0623 e. The summed E-state index contributed by atoms with van der Waals surface area (Å²) in [7, 11) is -4.03. The lowest BCUT2D eigenvalue weighted by Gasteiger charge is -2.26. The van der Waals surface area contributed by atoms with Gasteiger partial charge >= 0.3 is 0 Å². The van der Waals surface area contributed by atoms with Crippen LogP contribution in [0.5, 0.6) is 0 Å². The highest BCUT2D eigenvalue weighted by atomic mass is 28.3. The first-order chi connectivity index (χ1) is 29.6. The predicted molar refractivity (Wildman–Crippen MR) is 269 cm³/mol. The van der Waals surface area contributed by atoms with Crippen molar-refractivity contribution in [3.05, 3.63) is 181 Å². The first-order valence-electron chi connectivity index (χ1n) is 22.0. The normalized spacial score (nSPS) is 15.8. The average molecular weight is 811 g/mol. The van der Waals surface area contributed by atoms with Gasteiger partial charge in [-0.25, -0.2) is 0 Å². The van der Waals surface area contributed by atoms with E-state index in [1.54, 1.807) is 20.7 Å². The molecule has 290 valence electrons. The maximum absolute atomic E-state index is 2.66. The second-order valence-electron chi connectivity index (χ2n) is 19.5. The van der Waals surface area contributed by atoms with Gasteiger partial charge in [-0.2, -0.15) is 0 Å². The quantitative estimate of drug-likeness (QED) is 0.121. The second kappa shape index (κ2) is 11.9. The molecule has 0 fully saturated rings. The van der Waals surface area contributed by atoms with Gasteiger partial charge in [0, 0.05) is 5.41 Å². The van der Waals surface area contributed by atoms with Crippen LogP contribution >= 0.6 is 0 Å². The van der Waals surface area contributed by atoms with Gasteiger partial charge in [0.05, 0.1) is 0 Å². The van der Waals surface area contributed by atoms with Crippen molar-refractivity contribution in [2.45, 2.75) is 45.5 Å². The molecule has 0 aromatic heterocycles. The smallest absolute Gasteiger partial charge is 0.0623 e. The lowest BCUT2D eigenvalue weighted by atomic mass is 9.78. The van der Waals surface area contributed by atoms with Crippen molar-refractivity contribution in [1.29, 1.82) is 0 Å². The number of rotatable bonds is 2. The number of benzene rings is 10. The summed E-state index contributed by atoms with van der Waals surface area (Å²) in [5.74, 6) is 0. The average Bonchev–Trinajstić information content (AvgIpc) is 3.77. The lowest BCUT2D eigenvalue weighted by Crippen LogP contribution is -2.49. The molecule has 2 heteroatoms. The summed E-state index contributed by atoms with van der Waals surface area (Å²) >= 11 is 0. The molecule has 0 amide bonds. The van der Waals surface area contributed by atoms with Crippen LogP contribution in [0.25, 0.3) is 98.7 Å². The molecule has 0 atom stereocenters. The van der Waals surface area contributed by atoms with Crippen molar-refractivity contribution < 1.29 is 0 Å². The highest BCUT2D eigenvalue weighted by Gasteiger charge is 2.44. The van der Waals surface area contributed by atoms with E-state index in [4.69, 9.17) is 0 Å². The van der Waals surface area contributed by atoms with Gasteiger partial charge in [-0.1, -0.05) is 204 Å². The van der Waals surface area contributed by atoms with Crippen molar-refractivity contribution in [1.82, 2.24) is 0 Å². The van der Waals surface area contributed by atoms with Crippen LogP contribution in [0.3, 0.4) is 0 Å². The standard InChI is InChI=1S/C59H46Si2/c1-59(2)47-28-16-13-25-42(47)55-36-20-8-7-19-35(36)45(33-48(55)59)53-37-21-9-11-23-39(37)54(40-24-12-10-22-38(40)53)46-34-52-57(44-27-15-18-30-50(44)61(52,5)6)58-41(46)31-32-51-56(58)43-26-14-17-29-49(43)60(51,3)4/h7-34H,1-6H3. The van der Waals surface area contributed by atoms with Crippen molar-refractivity contribution in [3.8, 4) is 55.6 Å². The Morgan fingerprint density at radius 2 is 0.721 bits per heavy atom. The van der Waals surface area contributed by atoms with E-state index < -0.39 is 16.1 Å². The molecule has 1 aliphatic carbocycles. The molecule has 0 unspecified atom stereocenters. The van der Waals surface area contributed by atoms with E-state index in [9.17, 15) is 0 Å². The molecule has 0 nitrogen and oxygen atoms in total. The van der Waals surface area contributed by atoms with Gasteiger partial charge in [-0.3, -0.25) is 0 Å². The minimum absolute atomic E-state index is 0.121. The third kappa shape index (κ3) is 4.39. The SMILES string of the molecule is CC1(C)c2ccccc2-c2c1cc(-c1c3ccccc3c(-c3cc4c(c5c6c(ccc35)[Si](C)(C)c3ccccc3-6)-c3ccccc3[Si]4(C)C)c3ccccc13)c1ccccc21. The van der Waals surface area contributed by atoms with Gasteiger partial charge in [0.15, 0.2) is 0 Å². The molecule has 13 rings (SSSR count). The van der Waals surface area contributed by atoms with E-state index in [-0.39, 0.29) is 5.41 Å². The van der Waals surface area contributed by atoms with E-state index in [2.05, 4.69) is 210 Å². The first kappa shape index (κ1) is 35.4. The first-order valence-corrected chi connectivity index (χ1v) is 28.0. The Balaban J connectivity index is 1.19. The summed E-state index contributed by atoms with van der Waals surface area (Å²) in [5.41, 5.74) is 16.7. The molecule has 0 radical (unpaired) electrons. The van der Waals surface area contributed by atoms with E-state index in [1.165, 1.54) is 110 Å². The summed E-state index contributed by atoms with van der Waals surface area (Å²) in [6, 6.07) is 65.9. The van der Waals surface area contributed by atoms with Crippen LogP contribution in [0.2, 0.25) is 26.2 Å². The van der Waals surface area contributed by atoms with Crippen molar-refractivity contribution in [2.75, 3.05) is 0 Å². The molecule has 2 aliphatic heterocycles. The number of hydrogen-bond donors (Lipinski definition) is 0. The molecule has 10 aromatic rings. The fraction of sp³-hybridized carbons (Fsp3) is 0.119. The fourth-order valence-electron chi connectivity index (χ4n) is 12.5. The van der Waals surface area contributed by atoms with Crippen LogP contribution in [0.4, 0.5) is 0 Å². The third-order valence-electron chi connectivity index (χ3n) is 15.4. The fourth-order valence-corrected chi connectivity index (χ4v) is 18.7. The second-order valence-corrected chi connectivity index (χ2v) is 28.2. The molecule has 0 spiro atoms. The molecule has 3 aliphatic rings. The van der Waals surface area contributed by atoms with Crippen molar-refractivity contribution in [2.24, 2.45) is 0 Å². The molecule has 0 N–H and O–H groups in total. The number of hydrogen-bond acceptors (Lipinski definition) is 0. The maximum Gasteiger partial charge on any atom is 0.113 e.